The molecule has 1 rings (SSSR count). The molecule has 0 aliphatic heterocycles. The van der Waals surface area contributed by atoms with Crippen LogP contribution >= 0.6 is 15.9 Å². The van der Waals surface area contributed by atoms with Crippen LogP contribution in [-0.2, 0) is 10.0 Å². The lowest BCUT2D eigenvalue weighted by atomic mass is 10.1. The van der Waals surface area contributed by atoms with E-state index in [1.807, 2.05) is 0 Å². The van der Waals surface area contributed by atoms with E-state index in [2.05, 4.69) is 20.7 Å². The molecular weight excluding hydrogens is 332 g/mol. The van der Waals surface area contributed by atoms with E-state index in [9.17, 15) is 13.5 Å². The van der Waals surface area contributed by atoms with Gasteiger partial charge in [-0.2, -0.15) is 0 Å². The Morgan fingerprint density at radius 2 is 2.05 bits per heavy atom. The second-order valence-corrected chi connectivity index (χ2v) is 7.40. The van der Waals surface area contributed by atoms with E-state index < -0.39 is 15.6 Å². The standard InChI is InChI=1S/C12H19BrN2O3S/c1-4-12(3,16)7-15-19(17,18)11-6-10(14)9(13)5-8(11)2/h5-6,15-16H,4,7,14H2,1-3H3. The van der Waals surface area contributed by atoms with Gasteiger partial charge >= 0.3 is 0 Å². The van der Waals surface area contributed by atoms with Crippen LogP contribution in [0.15, 0.2) is 21.5 Å². The Kier molecular flexibility index (Phi) is 5.00. The SMILES string of the molecule is CCC(C)(O)CNS(=O)(=O)c1cc(N)c(Br)cc1C. The van der Waals surface area contributed by atoms with E-state index in [1.165, 1.54) is 6.07 Å². The molecule has 0 bridgehead atoms. The van der Waals surface area contributed by atoms with Gasteiger partial charge in [-0.05, 0) is 53.9 Å². The van der Waals surface area contributed by atoms with Crippen LogP contribution in [0.3, 0.4) is 0 Å². The van der Waals surface area contributed by atoms with Crippen LogP contribution in [0.4, 0.5) is 5.69 Å². The molecule has 5 nitrogen and oxygen atoms in total. The lowest BCUT2D eigenvalue weighted by Gasteiger charge is -2.22. The number of nitrogen functional groups attached to an aromatic ring is 1. The normalized spacial score (nSPS) is 15.2. The molecule has 7 heteroatoms. The van der Waals surface area contributed by atoms with Gasteiger partial charge in [-0.1, -0.05) is 6.92 Å². The van der Waals surface area contributed by atoms with Crippen molar-refractivity contribution in [3.8, 4) is 0 Å². The molecule has 0 saturated carbocycles. The third kappa shape index (κ3) is 4.17. The number of rotatable bonds is 5. The van der Waals surface area contributed by atoms with Gasteiger partial charge in [0, 0.05) is 16.7 Å². The van der Waals surface area contributed by atoms with Crippen molar-refractivity contribution in [2.24, 2.45) is 0 Å². The van der Waals surface area contributed by atoms with Gasteiger partial charge in [-0.3, -0.25) is 0 Å². The van der Waals surface area contributed by atoms with E-state index in [0.717, 1.165) is 0 Å². The van der Waals surface area contributed by atoms with Gasteiger partial charge in [-0.25, -0.2) is 13.1 Å². The summed E-state index contributed by atoms with van der Waals surface area (Å²) in [6, 6.07) is 3.06. The molecule has 0 aliphatic carbocycles. The predicted molar refractivity (Wildman–Crippen MR) is 79.4 cm³/mol. The summed E-state index contributed by atoms with van der Waals surface area (Å²) in [6.07, 6.45) is 0.455. The summed E-state index contributed by atoms with van der Waals surface area (Å²) >= 11 is 3.25. The average Bonchev–Trinajstić information content (AvgIpc) is 2.31. The highest BCUT2D eigenvalue weighted by Crippen LogP contribution is 2.26. The zero-order valence-electron chi connectivity index (χ0n) is 11.2. The minimum atomic E-state index is -3.68. The fourth-order valence-corrected chi connectivity index (χ4v) is 3.29. The van der Waals surface area contributed by atoms with Gasteiger partial charge in [0.05, 0.1) is 10.5 Å². The van der Waals surface area contributed by atoms with Crippen molar-refractivity contribution in [3.63, 3.8) is 0 Å². The summed E-state index contributed by atoms with van der Waals surface area (Å²) in [6.45, 7) is 5.02. The lowest BCUT2D eigenvalue weighted by Crippen LogP contribution is -2.40. The summed E-state index contributed by atoms with van der Waals surface area (Å²) in [5.41, 5.74) is 5.58. The first-order valence-electron chi connectivity index (χ1n) is 5.87. The summed E-state index contributed by atoms with van der Waals surface area (Å²) < 4.78 is 27.4. The molecule has 1 unspecified atom stereocenters. The Morgan fingerprint density at radius 1 is 1.47 bits per heavy atom. The molecule has 0 aliphatic rings. The van der Waals surface area contributed by atoms with Crippen LogP contribution in [0.2, 0.25) is 0 Å². The molecule has 0 fully saturated rings. The average molecular weight is 351 g/mol. The van der Waals surface area contributed by atoms with Crippen LogP contribution in [0.1, 0.15) is 25.8 Å². The van der Waals surface area contributed by atoms with E-state index in [0.29, 0.717) is 22.1 Å². The number of anilines is 1. The molecule has 1 atom stereocenters. The summed E-state index contributed by atoms with van der Waals surface area (Å²) in [5.74, 6) is 0. The number of nitrogens with one attached hydrogen (secondary N) is 1. The van der Waals surface area contributed by atoms with Crippen molar-refractivity contribution >= 4 is 31.6 Å². The summed E-state index contributed by atoms with van der Waals surface area (Å²) in [4.78, 5) is 0.125. The van der Waals surface area contributed by atoms with Crippen LogP contribution in [0.25, 0.3) is 0 Å². The topological polar surface area (TPSA) is 92.4 Å². The first kappa shape index (κ1) is 16.4. The Labute approximate surface area is 122 Å². The van der Waals surface area contributed by atoms with Crippen molar-refractivity contribution in [3.05, 3.63) is 22.2 Å². The van der Waals surface area contributed by atoms with Crippen LogP contribution < -0.4 is 10.5 Å². The van der Waals surface area contributed by atoms with Gasteiger partial charge < -0.3 is 10.8 Å². The molecule has 108 valence electrons. The number of aliphatic hydroxyl groups is 1. The molecule has 1 aromatic carbocycles. The molecular formula is C12H19BrN2O3S. The second kappa shape index (κ2) is 5.78. The van der Waals surface area contributed by atoms with Gasteiger partial charge in [0.2, 0.25) is 10.0 Å². The maximum Gasteiger partial charge on any atom is 0.241 e. The number of hydrogen-bond donors (Lipinski definition) is 3. The number of halogens is 1. The Balaban J connectivity index is 3.05. The third-order valence-corrected chi connectivity index (χ3v) is 5.22. The summed E-state index contributed by atoms with van der Waals surface area (Å²) in [7, 11) is -3.68. The predicted octanol–water partition coefficient (Wildman–Crippen LogP) is 1.78. The maximum absolute atomic E-state index is 12.2. The Hall–Kier alpha value is -0.630. The fraction of sp³-hybridized carbons (Fsp3) is 0.500. The zero-order valence-corrected chi connectivity index (χ0v) is 13.6. The van der Waals surface area contributed by atoms with E-state index in [4.69, 9.17) is 5.73 Å². The maximum atomic E-state index is 12.2. The van der Waals surface area contributed by atoms with E-state index >= 15 is 0 Å². The highest BCUT2D eigenvalue weighted by Gasteiger charge is 2.24. The summed E-state index contributed by atoms with van der Waals surface area (Å²) in [5, 5.41) is 9.84. The van der Waals surface area contributed by atoms with E-state index in [1.54, 1.807) is 26.8 Å². The van der Waals surface area contributed by atoms with Crippen LogP contribution in [0.5, 0.6) is 0 Å². The minimum absolute atomic E-state index is 0.0404. The monoisotopic (exact) mass is 350 g/mol. The largest absolute Gasteiger partial charge is 0.398 e. The number of sulfonamides is 1. The van der Waals surface area contributed by atoms with Gasteiger partial charge in [0.25, 0.3) is 0 Å². The molecule has 0 spiro atoms. The molecule has 19 heavy (non-hydrogen) atoms. The molecule has 1 aromatic rings. The Morgan fingerprint density at radius 3 is 2.58 bits per heavy atom. The first-order chi connectivity index (χ1) is 8.59. The highest BCUT2D eigenvalue weighted by atomic mass is 79.9. The van der Waals surface area contributed by atoms with E-state index in [-0.39, 0.29) is 11.4 Å². The van der Waals surface area contributed by atoms with Crippen molar-refractivity contribution in [1.29, 1.82) is 0 Å². The Bertz CT molecular complexity index is 571. The number of nitrogens with two attached hydrogens (primary N) is 1. The fourth-order valence-electron chi connectivity index (χ4n) is 1.41. The van der Waals surface area contributed by atoms with Crippen LogP contribution in [-0.4, -0.2) is 25.7 Å². The smallest absolute Gasteiger partial charge is 0.241 e. The molecule has 0 radical (unpaired) electrons. The van der Waals surface area contributed by atoms with Crippen molar-refractivity contribution in [1.82, 2.24) is 4.72 Å². The van der Waals surface area contributed by atoms with Crippen molar-refractivity contribution in [2.45, 2.75) is 37.7 Å². The quantitative estimate of drug-likeness (QED) is 0.705. The number of hydrogen-bond acceptors (Lipinski definition) is 4. The second-order valence-electron chi connectivity index (χ2n) is 4.81. The van der Waals surface area contributed by atoms with Crippen molar-refractivity contribution < 1.29 is 13.5 Å². The number of aryl methyl sites for hydroxylation is 1. The molecule has 0 heterocycles. The minimum Gasteiger partial charge on any atom is -0.398 e. The number of benzene rings is 1. The highest BCUT2D eigenvalue weighted by molar-refractivity contribution is 9.10. The molecule has 0 saturated heterocycles. The van der Waals surface area contributed by atoms with Gasteiger partial charge in [0.15, 0.2) is 0 Å². The molecule has 0 amide bonds. The molecule has 4 N–H and O–H groups in total. The van der Waals surface area contributed by atoms with Gasteiger partial charge in [0.1, 0.15) is 0 Å². The van der Waals surface area contributed by atoms with Crippen LogP contribution in [0, 0.1) is 6.92 Å². The third-order valence-electron chi connectivity index (χ3n) is 2.99. The van der Waals surface area contributed by atoms with Crippen molar-refractivity contribution in [2.75, 3.05) is 12.3 Å². The zero-order chi connectivity index (χ0) is 14.8. The first-order valence-corrected chi connectivity index (χ1v) is 8.14. The van der Waals surface area contributed by atoms with Gasteiger partial charge in [-0.15, -0.1) is 0 Å². The lowest BCUT2D eigenvalue weighted by molar-refractivity contribution is 0.0613. The molecule has 0 aromatic heterocycles.